The molecule has 6 nitrogen and oxygen atoms in total. The Kier molecular flexibility index (Phi) is 18.9. The van der Waals surface area contributed by atoms with Crippen molar-refractivity contribution in [3.63, 3.8) is 0 Å². The first kappa shape index (κ1) is 24.5. The van der Waals surface area contributed by atoms with Crippen molar-refractivity contribution in [2.24, 2.45) is 0 Å². The van der Waals surface area contributed by atoms with E-state index < -0.39 is 17.1 Å². The number of nitrogens with zero attached hydrogens (tertiary/aromatic N) is 1. The summed E-state index contributed by atoms with van der Waals surface area (Å²) in [6.07, 6.45) is 0. The Bertz CT molecular complexity index is 378. The van der Waals surface area contributed by atoms with Crippen LogP contribution in [0.1, 0.15) is 0 Å². The quantitative estimate of drug-likeness (QED) is 0.463. The molecule has 0 amide bonds. The van der Waals surface area contributed by atoms with Gasteiger partial charge in [-0.25, -0.2) is 14.4 Å². The molecule has 2 N–H and O–H groups in total. The zero-order chi connectivity index (χ0) is 7.72. The van der Waals surface area contributed by atoms with Crippen LogP contribution in [0.2, 0.25) is 0 Å². The SMILES string of the molecule is O=c1[nH]c(=O)n(Cl)c(=O)[nH]1.[Cl-].[Cl-].[Na+].[Na+]. The maximum absolute atomic E-state index is 10.4. The second kappa shape index (κ2) is 10.8. The number of hydrogen-bond donors (Lipinski definition) is 2. The predicted octanol–water partition coefficient (Wildman–Crippen LogP) is -13.8. The van der Waals surface area contributed by atoms with Gasteiger partial charge in [-0.2, -0.15) is 4.09 Å². The third-order valence-electron chi connectivity index (χ3n) is 0.798. The van der Waals surface area contributed by atoms with Gasteiger partial charge in [0.15, 0.2) is 0 Å². The van der Waals surface area contributed by atoms with E-state index >= 15 is 0 Å². The fraction of sp³-hybridized carbons (Fsp3) is 0. The summed E-state index contributed by atoms with van der Waals surface area (Å²) in [7, 11) is 0. The van der Waals surface area contributed by atoms with Gasteiger partial charge < -0.3 is 24.8 Å². The minimum absolute atomic E-state index is 0. The summed E-state index contributed by atoms with van der Waals surface area (Å²) < 4.78 is 0.238. The molecule has 0 fully saturated rings. The molecular formula is C3H2Cl3N3Na2O3. The third kappa shape index (κ3) is 6.71. The van der Waals surface area contributed by atoms with Gasteiger partial charge in [-0.3, -0.25) is 9.97 Å². The summed E-state index contributed by atoms with van der Waals surface area (Å²) in [5.74, 6) is 0. The van der Waals surface area contributed by atoms with Gasteiger partial charge in [0.1, 0.15) is 0 Å². The zero-order valence-electron chi connectivity index (χ0n) is 7.31. The molecule has 0 aliphatic carbocycles. The second-order valence-corrected chi connectivity index (χ2v) is 1.81. The number of aromatic nitrogens is 3. The molecule has 0 aromatic carbocycles. The van der Waals surface area contributed by atoms with E-state index in [4.69, 9.17) is 11.8 Å². The molecular weight excluding hydrogens is 278 g/mol. The number of nitrogens with one attached hydrogen (secondary N) is 2. The summed E-state index contributed by atoms with van der Waals surface area (Å²) in [5, 5.41) is 0. The Morgan fingerprint density at radius 1 is 0.929 bits per heavy atom. The van der Waals surface area contributed by atoms with Gasteiger partial charge in [-0.1, -0.05) is 0 Å². The van der Waals surface area contributed by atoms with Crippen LogP contribution in [0, 0.1) is 0 Å². The van der Waals surface area contributed by atoms with E-state index in [9.17, 15) is 14.4 Å². The topological polar surface area (TPSA) is 87.7 Å². The smallest absolute Gasteiger partial charge is 1.00 e. The zero-order valence-corrected chi connectivity index (χ0v) is 13.6. The van der Waals surface area contributed by atoms with Crippen LogP contribution in [-0.2, 0) is 0 Å². The summed E-state index contributed by atoms with van der Waals surface area (Å²) >= 11 is 5.04. The number of aromatic amines is 2. The van der Waals surface area contributed by atoms with E-state index in [0.29, 0.717) is 0 Å². The van der Waals surface area contributed by atoms with Gasteiger partial charge in [-0.15, -0.1) is 0 Å². The Labute approximate surface area is 139 Å². The van der Waals surface area contributed by atoms with Crippen LogP contribution in [0.15, 0.2) is 14.4 Å². The Morgan fingerprint density at radius 3 is 1.50 bits per heavy atom. The van der Waals surface area contributed by atoms with Gasteiger partial charge >= 0.3 is 76.2 Å². The molecule has 0 atom stereocenters. The maximum atomic E-state index is 10.4. The van der Waals surface area contributed by atoms with Crippen molar-refractivity contribution in [1.29, 1.82) is 0 Å². The molecule has 0 aliphatic heterocycles. The van der Waals surface area contributed by atoms with Crippen molar-refractivity contribution in [1.82, 2.24) is 14.1 Å². The van der Waals surface area contributed by atoms with Crippen LogP contribution in [0.4, 0.5) is 0 Å². The average molecular weight is 280 g/mol. The molecule has 1 rings (SSSR count). The van der Waals surface area contributed by atoms with E-state index in [-0.39, 0.29) is 88.0 Å². The third-order valence-corrected chi connectivity index (χ3v) is 1.10. The van der Waals surface area contributed by atoms with Crippen molar-refractivity contribution < 1.29 is 83.9 Å². The Hall–Kier alpha value is 1.28. The molecule has 70 valence electrons. The summed E-state index contributed by atoms with van der Waals surface area (Å²) in [4.78, 5) is 34.6. The van der Waals surface area contributed by atoms with Gasteiger partial charge in [0, 0.05) is 11.8 Å². The number of rotatable bonds is 0. The second-order valence-electron chi connectivity index (χ2n) is 1.47. The molecule has 1 aromatic heterocycles. The largest absolute Gasteiger partial charge is 1.00 e. The van der Waals surface area contributed by atoms with Gasteiger partial charge in [0.05, 0.1) is 0 Å². The van der Waals surface area contributed by atoms with Crippen molar-refractivity contribution in [2.75, 3.05) is 0 Å². The number of halogens is 3. The molecule has 0 saturated carbocycles. The minimum atomic E-state index is -0.949. The standard InChI is InChI=1S/C3H2ClN3O3.2ClH.2Na/c4-7-2(9)5-1(8)6-3(7)10;;;;/h(H2,5,6,8,9,10);2*1H;;/q;;;2*+1/p-2. The van der Waals surface area contributed by atoms with Crippen molar-refractivity contribution in [2.45, 2.75) is 0 Å². The Morgan fingerprint density at radius 2 is 1.21 bits per heavy atom. The fourth-order valence-corrected chi connectivity index (χ4v) is 0.500. The van der Waals surface area contributed by atoms with Crippen molar-refractivity contribution in [3.05, 3.63) is 31.5 Å². The molecule has 11 heteroatoms. The minimum Gasteiger partial charge on any atom is -1.00 e. The van der Waals surface area contributed by atoms with Crippen molar-refractivity contribution >= 4 is 11.8 Å². The summed E-state index contributed by atoms with van der Waals surface area (Å²) in [6.45, 7) is 0. The molecule has 0 aliphatic rings. The first-order valence-corrected chi connectivity index (χ1v) is 2.57. The molecule has 0 saturated heterocycles. The first-order valence-electron chi connectivity index (χ1n) is 2.23. The molecule has 1 heterocycles. The van der Waals surface area contributed by atoms with Gasteiger partial charge in [0.25, 0.3) is 0 Å². The predicted molar refractivity (Wildman–Crippen MR) is 33.2 cm³/mol. The fourth-order valence-electron chi connectivity index (χ4n) is 0.416. The molecule has 0 spiro atoms. The van der Waals surface area contributed by atoms with Crippen LogP contribution in [0.3, 0.4) is 0 Å². The monoisotopic (exact) mass is 279 g/mol. The maximum Gasteiger partial charge on any atom is 1.00 e. The normalized spacial score (nSPS) is 6.93. The molecule has 1 aromatic rings. The summed E-state index contributed by atoms with van der Waals surface area (Å²) in [6, 6.07) is 0. The average Bonchev–Trinajstić information content (AvgIpc) is 1.82. The van der Waals surface area contributed by atoms with E-state index in [1.165, 1.54) is 0 Å². The molecule has 0 unspecified atom stereocenters. The van der Waals surface area contributed by atoms with E-state index in [2.05, 4.69) is 0 Å². The van der Waals surface area contributed by atoms with E-state index in [1.807, 2.05) is 0 Å². The van der Waals surface area contributed by atoms with Crippen LogP contribution in [0.5, 0.6) is 0 Å². The van der Waals surface area contributed by atoms with E-state index in [0.717, 1.165) is 0 Å². The number of hydrogen-bond acceptors (Lipinski definition) is 3. The van der Waals surface area contributed by atoms with E-state index in [1.54, 1.807) is 9.97 Å². The molecule has 0 bridgehead atoms. The molecule has 14 heavy (non-hydrogen) atoms. The number of H-pyrrole nitrogens is 2. The Balaban J connectivity index is -0.000000125. The van der Waals surface area contributed by atoms with Crippen LogP contribution >= 0.6 is 11.8 Å². The van der Waals surface area contributed by atoms with Crippen LogP contribution in [-0.4, -0.2) is 14.1 Å². The first-order chi connectivity index (χ1) is 4.61. The van der Waals surface area contributed by atoms with Crippen LogP contribution < -0.4 is 101 Å². The van der Waals surface area contributed by atoms with Crippen LogP contribution in [0.25, 0.3) is 0 Å². The van der Waals surface area contributed by atoms with Gasteiger partial charge in [-0.05, 0) is 0 Å². The van der Waals surface area contributed by atoms with Gasteiger partial charge in [0.2, 0.25) is 0 Å². The molecule has 0 radical (unpaired) electrons. The van der Waals surface area contributed by atoms with Crippen molar-refractivity contribution in [3.8, 4) is 0 Å². The summed E-state index contributed by atoms with van der Waals surface area (Å²) in [5.41, 5.74) is -2.77.